The number of sulfonamides is 1. The monoisotopic (exact) mass is 379 g/mol. The van der Waals surface area contributed by atoms with E-state index in [1.54, 1.807) is 6.08 Å². The van der Waals surface area contributed by atoms with Crippen molar-refractivity contribution < 1.29 is 31.1 Å². The Morgan fingerprint density at radius 1 is 1.20 bits per heavy atom. The minimum atomic E-state index is -4.81. The molecule has 0 saturated carbocycles. The van der Waals surface area contributed by atoms with E-state index >= 15 is 0 Å². The van der Waals surface area contributed by atoms with Gasteiger partial charge in [-0.2, -0.15) is 4.31 Å². The second-order valence-electron chi connectivity index (χ2n) is 5.69. The number of nitrogens with zero attached hydrogens (tertiary/aromatic N) is 1. The maximum atomic E-state index is 12.6. The van der Waals surface area contributed by atoms with Gasteiger partial charge in [0, 0.05) is 19.7 Å². The maximum absolute atomic E-state index is 12.6. The highest BCUT2D eigenvalue weighted by molar-refractivity contribution is 7.89. The molecule has 1 aromatic carbocycles. The Hall–Kier alpha value is -1.58. The second kappa shape index (κ2) is 8.20. The molecule has 1 aliphatic rings. The number of hydrogen-bond acceptors (Lipinski definition) is 4. The van der Waals surface area contributed by atoms with Gasteiger partial charge in [0.25, 0.3) is 0 Å². The van der Waals surface area contributed by atoms with E-state index in [1.807, 2.05) is 0 Å². The number of ether oxygens (including phenoxy) is 2. The maximum Gasteiger partial charge on any atom is 0.573 e. The van der Waals surface area contributed by atoms with Gasteiger partial charge in [0.2, 0.25) is 10.0 Å². The Morgan fingerprint density at radius 2 is 1.80 bits per heavy atom. The van der Waals surface area contributed by atoms with Crippen molar-refractivity contribution in [2.45, 2.75) is 24.1 Å². The summed E-state index contributed by atoms with van der Waals surface area (Å²) in [7, 11) is -3.73. The van der Waals surface area contributed by atoms with Crippen LogP contribution in [-0.2, 0) is 14.8 Å². The summed E-state index contributed by atoms with van der Waals surface area (Å²) in [6.07, 6.45) is -1.81. The molecule has 0 bridgehead atoms. The number of rotatable bonds is 7. The molecule has 0 spiro atoms. The fourth-order valence-corrected chi connectivity index (χ4v) is 4.07. The first-order valence-corrected chi connectivity index (χ1v) is 9.21. The largest absolute Gasteiger partial charge is 0.573 e. The summed E-state index contributed by atoms with van der Waals surface area (Å²) in [5, 5.41) is 0. The molecule has 1 heterocycles. The van der Waals surface area contributed by atoms with E-state index in [4.69, 9.17) is 4.74 Å². The van der Waals surface area contributed by atoms with Gasteiger partial charge in [-0.25, -0.2) is 8.42 Å². The Balaban J connectivity index is 1.96. The van der Waals surface area contributed by atoms with Gasteiger partial charge >= 0.3 is 6.36 Å². The summed E-state index contributed by atoms with van der Waals surface area (Å²) < 4.78 is 72.1. The second-order valence-corrected chi connectivity index (χ2v) is 7.63. The minimum absolute atomic E-state index is 0.0524. The molecule has 1 fully saturated rings. The zero-order valence-corrected chi connectivity index (χ0v) is 14.4. The van der Waals surface area contributed by atoms with Crippen molar-refractivity contribution in [1.29, 1.82) is 0 Å². The van der Waals surface area contributed by atoms with Gasteiger partial charge < -0.3 is 9.47 Å². The third kappa shape index (κ3) is 5.72. The van der Waals surface area contributed by atoms with E-state index in [0.717, 1.165) is 24.3 Å². The van der Waals surface area contributed by atoms with Crippen molar-refractivity contribution in [3.63, 3.8) is 0 Å². The molecule has 1 aliphatic heterocycles. The van der Waals surface area contributed by atoms with Crippen molar-refractivity contribution in [3.8, 4) is 5.75 Å². The van der Waals surface area contributed by atoms with Gasteiger partial charge in [-0.05, 0) is 43.0 Å². The molecule has 0 unspecified atom stereocenters. The van der Waals surface area contributed by atoms with Gasteiger partial charge in [0.1, 0.15) is 5.75 Å². The first-order valence-electron chi connectivity index (χ1n) is 7.77. The summed E-state index contributed by atoms with van der Waals surface area (Å²) in [5.41, 5.74) is 0. The number of alkyl halides is 3. The predicted molar refractivity (Wildman–Crippen MR) is 85.6 cm³/mol. The molecule has 0 radical (unpaired) electrons. The van der Waals surface area contributed by atoms with Crippen molar-refractivity contribution >= 4 is 10.0 Å². The Kier molecular flexibility index (Phi) is 6.47. The quantitative estimate of drug-likeness (QED) is 0.539. The van der Waals surface area contributed by atoms with Crippen LogP contribution in [0.4, 0.5) is 13.2 Å². The van der Waals surface area contributed by atoms with Gasteiger partial charge in [0.15, 0.2) is 0 Å². The van der Waals surface area contributed by atoms with Crippen LogP contribution in [0.25, 0.3) is 0 Å². The molecule has 5 nitrogen and oxygen atoms in total. The molecule has 140 valence electrons. The van der Waals surface area contributed by atoms with Crippen molar-refractivity contribution in [2.75, 3.05) is 26.3 Å². The predicted octanol–water partition coefficient (Wildman–Crippen LogP) is 3.19. The van der Waals surface area contributed by atoms with Crippen LogP contribution in [0.15, 0.2) is 41.8 Å². The fraction of sp³-hybridized carbons (Fsp3) is 0.500. The van der Waals surface area contributed by atoms with Crippen LogP contribution in [0.2, 0.25) is 0 Å². The summed E-state index contributed by atoms with van der Waals surface area (Å²) in [6, 6.07) is 4.23. The lowest BCUT2D eigenvalue weighted by atomic mass is 9.99. The van der Waals surface area contributed by atoms with Crippen LogP contribution < -0.4 is 4.74 Å². The molecule has 0 atom stereocenters. The molecular weight excluding hydrogens is 359 g/mol. The number of halogens is 3. The zero-order valence-electron chi connectivity index (χ0n) is 13.5. The summed E-state index contributed by atoms with van der Waals surface area (Å²) in [6.45, 7) is 5.29. The highest BCUT2D eigenvalue weighted by atomic mass is 32.2. The topological polar surface area (TPSA) is 55.8 Å². The number of benzene rings is 1. The highest BCUT2D eigenvalue weighted by Gasteiger charge is 2.32. The average Bonchev–Trinajstić information content (AvgIpc) is 2.55. The third-order valence-corrected chi connectivity index (χ3v) is 5.77. The van der Waals surface area contributed by atoms with Crippen LogP contribution in [0, 0.1) is 5.92 Å². The molecule has 1 aromatic rings. The first-order chi connectivity index (χ1) is 11.7. The zero-order chi connectivity index (χ0) is 18.5. The van der Waals surface area contributed by atoms with Crippen molar-refractivity contribution in [1.82, 2.24) is 4.31 Å². The number of piperidine rings is 1. The molecule has 9 heteroatoms. The van der Waals surface area contributed by atoms with Crippen LogP contribution in [-0.4, -0.2) is 45.4 Å². The molecule has 1 saturated heterocycles. The molecule has 0 N–H and O–H groups in total. The van der Waals surface area contributed by atoms with E-state index in [-0.39, 0.29) is 10.8 Å². The minimum Gasteiger partial charge on any atom is -0.406 e. The normalized spacial score (nSPS) is 17.4. The van der Waals surface area contributed by atoms with Gasteiger partial charge in [-0.3, -0.25) is 0 Å². The van der Waals surface area contributed by atoms with E-state index < -0.39 is 22.1 Å². The molecule has 2 rings (SSSR count). The summed E-state index contributed by atoms with van der Waals surface area (Å²) >= 11 is 0. The smallest absolute Gasteiger partial charge is 0.406 e. The van der Waals surface area contributed by atoms with E-state index in [2.05, 4.69) is 11.3 Å². The Morgan fingerprint density at radius 3 is 2.32 bits per heavy atom. The summed E-state index contributed by atoms with van der Waals surface area (Å²) in [5.74, 6) is -0.168. The van der Waals surface area contributed by atoms with Crippen LogP contribution in [0.5, 0.6) is 5.75 Å². The highest BCUT2D eigenvalue weighted by Crippen LogP contribution is 2.27. The van der Waals surface area contributed by atoms with Crippen molar-refractivity contribution in [2.24, 2.45) is 5.92 Å². The fourth-order valence-electron chi connectivity index (χ4n) is 2.60. The molecular formula is C16H20F3NO4S. The van der Waals surface area contributed by atoms with E-state index in [0.29, 0.717) is 39.1 Å². The summed E-state index contributed by atoms with van der Waals surface area (Å²) in [4.78, 5) is -0.0524. The molecule has 0 aromatic heterocycles. The molecule has 0 amide bonds. The van der Waals surface area contributed by atoms with Crippen LogP contribution >= 0.6 is 0 Å². The lowest BCUT2D eigenvalue weighted by molar-refractivity contribution is -0.274. The standard InChI is InChI=1S/C16H20F3NO4S/c1-2-11-23-12-13-7-9-20(10-8-13)25(21,22)15-5-3-14(4-6-15)24-16(17,18)19/h2-6,13H,1,7-12H2. The van der Waals surface area contributed by atoms with Gasteiger partial charge in [-0.15, -0.1) is 19.8 Å². The van der Waals surface area contributed by atoms with Gasteiger partial charge in [0.05, 0.1) is 11.5 Å². The molecule has 25 heavy (non-hydrogen) atoms. The number of hydrogen-bond donors (Lipinski definition) is 0. The first kappa shape index (κ1) is 19.7. The SMILES string of the molecule is C=CCOCC1CCN(S(=O)(=O)c2ccc(OC(F)(F)F)cc2)CC1. The van der Waals surface area contributed by atoms with Crippen LogP contribution in [0.1, 0.15) is 12.8 Å². The lowest BCUT2D eigenvalue weighted by Gasteiger charge is -2.31. The van der Waals surface area contributed by atoms with Crippen LogP contribution in [0.3, 0.4) is 0 Å². The lowest BCUT2D eigenvalue weighted by Crippen LogP contribution is -2.39. The molecule has 0 aliphatic carbocycles. The van der Waals surface area contributed by atoms with Gasteiger partial charge in [-0.1, -0.05) is 6.08 Å². The average molecular weight is 379 g/mol. The van der Waals surface area contributed by atoms with E-state index in [1.165, 1.54) is 4.31 Å². The Labute approximate surface area is 145 Å². The Bertz CT molecular complexity index is 666. The van der Waals surface area contributed by atoms with E-state index in [9.17, 15) is 21.6 Å². The third-order valence-electron chi connectivity index (χ3n) is 3.86. The van der Waals surface area contributed by atoms with Crippen molar-refractivity contribution in [3.05, 3.63) is 36.9 Å².